The van der Waals surface area contributed by atoms with Crippen molar-refractivity contribution in [2.75, 3.05) is 38.1 Å². The molecule has 0 amide bonds. The maximum atomic E-state index is 11.7. The lowest BCUT2D eigenvalue weighted by Gasteiger charge is -2.34. The number of rotatable bonds is 1. The topological polar surface area (TPSA) is 28.0 Å². The van der Waals surface area contributed by atoms with Gasteiger partial charge in [-0.1, -0.05) is 6.07 Å². The summed E-state index contributed by atoms with van der Waals surface area (Å²) in [7, 11) is 2.15. The maximum absolute atomic E-state index is 11.7. The van der Waals surface area contributed by atoms with Crippen molar-refractivity contribution in [3.63, 3.8) is 0 Å². The molecule has 1 aliphatic rings. The smallest absolute Gasteiger partial charge is 0.255 e. The fourth-order valence-electron chi connectivity index (χ4n) is 2.41. The molecule has 18 heavy (non-hydrogen) atoms. The molecule has 1 fully saturated rings. The van der Waals surface area contributed by atoms with E-state index in [0.717, 1.165) is 31.7 Å². The van der Waals surface area contributed by atoms with Crippen LogP contribution in [-0.2, 0) is 0 Å². The third-order valence-corrected chi connectivity index (χ3v) is 3.58. The number of nitrogens with zero attached hydrogens (tertiary/aromatic N) is 3. The van der Waals surface area contributed by atoms with Gasteiger partial charge in [0.1, 0.15) is 0 Å². The van der Waals surface area contributed by atoms with Crippen LogP contribution in [0.3, 0.4) is 0 Å². The first-order valence-electron chi connectivity index (χ1n) is 6.29. The molecule has 0 bridgehead atoms. The number of hydrogen-bond donors (Lipinski definition) is 0. The van der Waals surface area contributed by atoms with Crippen LogP contribution in [0.15, 0.2) is 41.3 Å². The van der Waals surface area contributed by atoms with E-state index in [0.29, 0.717) is 0 Å². The Bertz CT molecular complexity index is 612. The van der Waals surface area contributed by atoms with E-state index in [-0.39, 0.29) is 5.56 Å². The summed E-state index contributed by atoms with van der Waals surface area (Å²) in [5.41, 5.74) is 2.19. The van der Waals surface area contributed by atoms with Crippen molar-refractivity contribution in [3.8, 4) is 0 Å². The van der Waals surface area contributed by atoms with Gasteiger partial charge in [-0.15, -0.1) is 0 Å². The minimum absolute atomic E-state index is 0.0254. The number of anilines is 1. The van der Waals surface area contributed by atoms with Crippen molar-refractivity contribution in [2.24, 2.45) is 0 Å². The molecule has 4 nitrogen and oxygen atoms in total. The van der Waals surface area contributed by atoms with E-state index in [1.54, 1.807) is 10.5 Å². The summed E-state index contributed by atoms with van der Waals surface area (Å²) in [6.45, 7) is 4.27. The van der Waals surface area contributed by atoms with Crippen LogP contribution in [0.5, 0.6) is 0 Å². The van der Waals surface area contributed by atoms with Gasteiger partial charge >= 0.3 is 0 Å². The quantitative estimate of drug-likeness (QED) is 0.749. The van der Waals surface area contributed by atoms with Crippen LogP contribution in [0.1, 0.15) is 0 Å². The molecule has 0 N–H and O–H groups in total. The highest BCUT2D eigenvalue weighted by Gasteiger charge is 2.14. The lowest BCUT2D eigenvalue weighted by Crippen LogP contribution is -2.44. The standard InChI is InChI=1S/C14H17N3O/c1-15-7-9-16(10-8-15)12-5-6-17-13(11-12)3-2-4-14(17)18/h2-6,11H,7-10H2,1H3. The van der Waals surface area contributed by atoms with Crippen molar-refractivity contribution >= 4 is 11.2 Å². The van der Waals surface area contributed by atoms with Crippen LogP contribution < -0.4 is 10.5 Å². The highest BCUT2D eigenvalue weighted by molar-refractivity contribution is 5.59. The van der Waals surface area contributed by atoms with E-state index < -0.39 is 0 Å². The molecule has 1 saturated heterocycles. The van der Waals surface area contributed by atoms with Crippen molar-refractivity contribution in [3.05, 3.63) is 46.9 Å². The fraction of sp³-hybridized carbons (Fsp3) is 0.357. The van der Waals surface area contributed by atoms with Gasteiger partial charge in [-0.2, -0.15) is 0 Å². The van der Waals surface area contributed by atoms with Gasteiger partial charge < -0.3 is 9.80 Å². The Morgan fingerprint density at radius 1 is 1.06 bits per heavy atom. The minimum atomic E-state index is 0.0254. The first-order chi connectivity index (χ1) is 8.74. The van der Waals surface area contributed by atoms with Crippen molar-refractivity contribution in [2.45, 2.75) is 0 Å². The van der Waals surface area contributed by atoms with E-state index in [1.165, 1.54) is 5.69 Å². The Balaban J connectivity index is 1.96. The zero-order chi connectivity index (χ0) is 12.5. The summed E-state index contributed by atoms with van der Waals surface area (Å²) in [5.74, 6) is 0. The number of piperazine rings is 1. The summed E-state index contributed by atoms with van der Waals surface area (Å²) in [6.07, 6.45) is 1.87. The largest absolute Gasteiger partial charge is 0.369 e. The molecular weight excluding hydrogens is 226 g/mol. The molecule has 0 saturated carbocycles. The highest BCUT2D eigenvalue weighted by Crippen LogP contribution is 2.17. The third kappa shape index (κ3) is 1.99. The minimum Gasteiger partial charge on any atom is -0.369 e. The van der Waals surface area contributed by atoms with E-state index >= 15 is 0 Å². The monoisotopic (exact) mass is 243 g/mol. The van der Waals surface area contributed by atoms with Crippen LogP contribution in [0, 0.1) is 0 Å². The first-order valence-corrected chi connectivity index (χ1v) is 6.29. The third-order valence-electron chi connectivity index (χ3n) is 3.58. The molecule has 0 radical (unpaired) electrons. The van der Waals surface area contributed by atoms with Gasteiger partial charge in [-0.05, 0) is 25.2 Å². The number of pyridine rings is 2. The van der Waals surface area contributed by atoms with Crippen LogP contribution in [0.4, 0.5) is 5.69 Å². The first kappa shape index (κ1) is 11.3. The summed E-state index contributed by atoms with van der Waals surface area (Å²) < 4.78 is 1.68. The SMILES string of the molecule is CN1CCN(c2ccn3c(=O)cccc3c2)CC1. The summed E-state index contributed by atoms with van der Waals surface area (Å²) >= 11 is 0. The molecule has 1 aliphatic heterocycles. The molecule has 0 atom stereocenters. The average Bonchev–Trinajstić information content (AvgIpc) is 2.39. The van der Waals surface area contributed by atoms with Crippen molar-refractivity contribution in [1.82, 2.24) is 9.30 Å². The molecule has 0 aromatic carbocycles. The van der Waals surface area contributed by atoms with E-state index in [2.05, 4.69) is 22.9 Å². The zero-order valence-corrected chi connectivity index (χ0v) is 10.5. The van der Waals surface area contributed by atoms with E-state index in [1.807, 2.05) is 24.4 Å². The van der Waals surface area contributed by atoms with Crippen molar-refractivity contribution < 1.29 is 0 Å². The van der Waals surface area contributed by atoms with Gasteiger partial charge in [0.15, 0.2) is 0 Å². The van der Waals surface area contributed by atoms with Gasteiger partial charge in [-0.3, -0.25) is 9.20 Å². The normalized spacial score (nSPS) is 17.3. The molecule has 2 aromatic rings. The van der Waals surface area contributed by atoms with E-state index in [4.69, 9.17) is 0 Å². The molecule has 3 rings (SSSR count). The Hall–Kier alpha value is -1.81. The van der Waals surface area contributed by atoms with Crippen LogP contribution in [0.2, 0.25) is 0 Å². The van der Waals surface area contributed by atoms with Gasteiger partial charge in [0.05, 0.1) is 5.52 Å². The lowest BCUT2D eigenvalue weighted by molar-refractivity contribution is 0.313. The number of aromatic nitrogens is 1. The highest BCUT2D eigenvalue weighted by atomic mass is 16.1. The summed E-state index contributed by atoms with van der Waals surface area (Å²) in [4.78, 5) is 16.4. The molecule has 4 heteroatoms. The molecule has 2 aromatic heterocycles. The van der Waals surface area contributed by atoms with Gasteiger partial charge in [0.25, 0.3) is 5.56 Å². The number of fused-ring (bicyclic) bond motifs is 1. The van der Waals surface area contributed by atoms with Gasteiger partial charge in [0.2, 0.25) is 0 Å². The lowest BCUT2D eigenvalue weighted by atomic mass is 10.2. The van der Waals surface area contributed by atoms with E-state index in [9.17, 15) is 4.79 Å². The zero-order valence-electron chi connectivity index (χ0n) is 10.5. The van der Waals surface area contributed by atoms with Crippen molar-refractivity contribution in [1.29, 1.82) is 0 Å². The van der Waals surface area contributed by atoms with Crippen LogP contribution in [0.25, 0.3) is 5.52 Å². The molecule has 0 spiro atoms. The second-order valence-corrected chi connectivity index (χ2v) is 4.83. The molecule has 94 valence electrons. The Morgan fingerprint density at radius 3 is 2.61 bits per heavy atom. The second kappa shape index (κ2) is 4.46. The molecular formula is C14H17N3O. The Kier molecular flexibility index (Phi) is 2.80. The molecule has 3 heterocycles. The van der Waals surface area contributed by atoms with Crippen LogP contribution >= 0.6 is 0 Å². The maximum Gasteiger partial charge on any atom is 0.255 e. The Morgan fingerprint density at radius 2 is 1.83 bits per heavy atom. The predicted molar refractivity (Wildman–Crippen MR) is 73.4 cm³/mol. The van der Waals surface area contributed by atoms with Crippen LogP contribution in [-0.4, -0.2) is 42.5 Å². The Labute approximate surface area is 106 Å². The van der Waals surface area contributed by atoms with Gasteiger partial charge in [-0.25, -0.2) is 0 Å². The number of hydrogen-bond acceptors (Lipinski definition) is 3. The fourth-order valence-corrected chi connectivity index (χ4v) is 2.41. The molecule has 0 aliphatic carbocycles. The second-order valence-electron chi connectivity index (χ2n) is 4.83. The predicted octanol–water partition coefficient (Wildman–Crippen LogP) is 1.05. The molecule has 0 unspecified atom stereocenters. The number of likely N-dealkylation sites (N-methyl/N-ethyl adjacent to an activating group) is 1. The summed E-state index contributed by atoms with van der Waals surface area (Å²) in [6, 6.07) is 9.49. The average molecular weight is 243 g/mol. The van der Waals surface area contributed by atoms with Gasteiger partial charge in [0, 0.05) is 44.1 Å². The summed E-state index contributed by atoms with van der Waals surface area (Å²) in [5, 5.41) is 0.